The van der Waals surface area contributed by atoms with Crippen molar-refractivity contribution >= 4 is 23.1 Å². The Kier molecular flexibility index (Phi) is 3.75. The van der Waals surface area contributed by atoms with Crippen LogP contribution >= 0.6 is 11.3 Å². The smallest absolute Gasteiger partial charge is 0.339 e. The van der Waals surface area contributed by atoms with Gasteiger partial charge >= 0.3 is 5.97 Å². The molecule has 0 unspecified atom stereocenters. The van der Waals surface area contributed by atoms with E-state index in [0.717, 1.165) is 9.88 Å². The number of carbonyl (C=O) groups is 1. The first-order chi connectivity index (χ1) is 8.99. The second-order valence-corrected chi connectivity index (χ2v) is 5.48. The van der Waals surface area contributed by atoms with E-state index in [0.29, 0.717) is 17.8 Å². The molecule has 0 bridgehead atoms. The van der Waals surface area contributed by atoms with Crippen LogP contribution in [0.25, 0.3) is 0 Å². The summed E-state index contributed by atoms with van der Waals surface area (Å²) >= 11 is 1.56. The van der Waals surface area contributed by atoms with Crippen molar-refractivity contribution in [2.75, 3.05) is 5.32 Å². The Balaban J connectivity index is 2.25. The van der Waals surface area contributed by atoms with Gasteiger partial charge in [-0.2, -0.15) is 5.10 Å². The Hall–Kier alpha value is -2.02. The molecule has 6 nitrogen and oxygen atoms in total. The SMILES string of the molecule is Cc1cnc(CNc2nnc(C)c(C)c2C(=O)O)s1. The summed E-state index contributed by atoms with van der Waals surface area (Å²) in [7, 11) is 0. The highest BCUT2D eigenvalue weighted by molar-refractivity contribution is 7.11. The highest BCUT2D eigenvalue weighted by Crippen LogP contribution is 2.20. The molecule has 100 valence electrons. The van der Waals surface area contributed by atoms with Crippen LogP contribution in [0.15, 0.2) is 6.20 Å². The van der Waals surface area contributed by atoms with Crippen LogP contribution in [0.5, 0.6) is 0 Å². The first-order valence-electron chi connectivity index (χ1n) is 5.71. The van der Waals surface area contributed by atoms with E-state index in [1.54, 1.807) is 31.4 Å². The topological polar surface area (TPSA) is 88.0 Å². The van der Waals surface area contributed by atoms with E-state index in [1.165, 1.54) is 0 Å². The van der Waals surface area contributed by atoms with Crippen LogP contribution in [0.2, 0.25) is 0 Å². The van der Waals surface area contributed by atoms with Crippen molar-refractivity contribution in [3.05, 3.63) is 32.9 Å². The average molecular weight is 278 g/mol. The monoisotopic (exact) mass is 278 g/mol. The molecule has 0 saturated heterocycles. The van der Waals surface area contributed by atoms with E-state index in [2.05, 4.69) is 20.5 Å². The lowest BCUT2D eigenvalue weighted by atomic mass is 10.1. The fraction of sp³-hybridized carbons (Fsp3) is 0.333. The van der Waals surface area contributed by atoms with Gasteiger partial charge in [-0.1, -0.05) is 0 Å². The molecule has 7 heteroatoms. The standard InChI is InChI=1S/C12H14N4O2S/c1-6-4-13-9(19-6)5-14-11-10(12(17)18)7(2)8(3)15-16-11/h4H,5H2,1-3H3,(H,14,16)(H,17,18). The van der Waals surface area contributed by atoms with Gasteiger partial charge in [0.05, 0.1) is 12.2 Å². The maximum Gasteiger partial charge on any atom is 0.339 e. The molecular weight excluding hydrogens is 264 g/mol. The van der Waals surface area contributed by atoms with Crippen molar-refractivity contribution < 1.29 is 9.90 Å². The summed E-state index contributed by atoms with van der Waals surface area (Å²) in [6, 6.07) is 0. The molecule has 19 heavy (non-hydrogen) atoms. The number of carboxylic acid groups (broad SMARTS) is 1. The summed E-state index contributed by atoms with van der Waals surface area (Å²) in [5.41, 5.74) is 1.41. The Morgan fingerprint density at radius 3 is 2.68 bits per heavy atom. The fourth-order valence-electron chi connectivity index (χ4n) is 1.64. The molecule has 0 aliphatic rings. The number of nitrogens with zero attached hydrogens (tertiary/aromatic N) is 3. The quantitative estimate of drug-likeness (QED) is 0.891. The van der Waals surface area contributed by atoms with Gasteiger partial charge in [-0.25, -0.2) is 9.78 Å². The second-order valence-electron chi connectivity index (χ2n) is 4.16. The minimum absolute atomic E-state index is 0.167. The van der Waals surface area contributed by atoms with Gasteiger partial charge in [0, 0.05) is 11.1 Å². The number of thiazole rings is 1. The van der Waals surface area contributed by atoms with Crippen LogP contribution in [-0.2, 0) is 6.54 Å². The van der Waals surface area contributed by atoms with Gasteiger partial charge in [0.2, 0.25) is 0 Å². The molecule has 0 aliphatic heterocycles. The summed E-state index contributed by atoms with van der Waals surface area (Å²) in [6.45, 7) is 5.88. The molecular formula is C12H14N4O2S. The second kappa shape index (κ2) is 5.31. The summed E-state index contributed by atoms with van der Waals surface area (Å²) in [5.74, 6) is -0.725. The number of hydrogen-bond donors (Lipinski definition) is 2. The molecule has 0 atom stereocenters. The van der Waals surface area contributed by atoms with Gasteiger partial charge < -0.3 is 10.4 Å². The summed E-state index contributed by atoms with van der Waals surface area (Å²) in [4.78, 5) is 16.6. The van der Waals surface area contributed by atoms with Crippen molar-refractivity contribution in [3.8, 4) is 0 Å². The zero-order valence-electron chi connectivity index (χ0n) is 10.9. The number of aromatic carboxylic acids is 1. The Labute approximate surface area is 114 Å². The Morgan fingerprint density at radius 2 is 2.11 bits per heavy atom. The summed E-state index contributed by atoms with van der Waals surface area (Å²) in [6.07, 6.45) is 1.78. The first-order valence-corrected chi connectivity index (χ1v) is 6.53. The molecule has 0 fully saturated rings. The first kappa shape index (κ1) is 13.4. The highest BCUT2D eigenvalue weighted by atomic mass is 32.1. The van der Waals surface area contributed by atoms with E-state index in [-0.39, 0.29) is 11.4 Å². The van der Waals surface area contributed by atoms with Crippen LogP contribution in [0, 0.1) is 20.8 Å². The van der Waals surface area contributed by atoms with E-state index < -0.39 is 5.97 Å². The zero-order valence-corrected chi connectivity index (χ0v) is 11.7. The maximum atomic E-state index is 11.3. The van der Waals surface area contributed by atoms with Gasteiger partial charge in [0.1, 0.15) is 10.6 Å². The summed E-state index contributed by atoms with van der Waals surface area (Å²) < 4.78 is 0. The highest BCUT2D eigenvalue weighted by Gasteiger charge is 2.17. The van der Waals surface area contributed by atoms with Crippen LogP contribution in [-0.4, -0.2) is 26.3 Å². The molecule has 2 aromatic rings. The molecule has 2 rings (SSSR count). The normalized spacial score (nSPS) is 10.5. The average Bonchev–Trinajstić information content (AvgIpc) is 2.76. The predicted octanol–water partition coefficient (Wildman–Crippen LogP) is 2.17. The van der Waals surface area contributed by atoms with Crippen molar-refractivity contribution in [1.82, 2.24) is 15.2 Å². The van der Waals surface area contributed by atoms with E-state index in [4.69, 9.17) is 0 Å². The third kappa shape index (κ3) is 2.87. The number of hydrogen-bond acceptors (Lipinski definition) is 6. The number of nitrogens with one attached hydrogen (secondary N) is 1. The van der Waals surface area contributed by atoms with Gasteiger partial charge in [-0.15, -0.1) is 16.4 Å². The molecule has 2 heterocycles. The number of aryl methyl sites for hydroxylation is 2. The van der Waals surface area contributed by atoms with E-state index in [9.17, 15) is 9.90 Å². The third-order valence-corrected chi connectivity index (χ3v) is 3.66. The number of anilines is 1. The lowest BCUT2D eigenvalue weighted by Gasteiger charge is -2.10. The van der Waals surface area contributed by atoms with Crippen LogP contribution in [0.1, 0.15) is 31.5 Å². The molecule has 0 aromatic carbocycles. The molecule has 0 amide bonds. The third-order valence-electron chi connectivity index (χ3n) is 2.74. The van der Waals surface area contributed by atoms with Crippen LogP contribution in [0.3, 0.4) is 0 Å². The fourth-order valence-corrected chi connectivity index (χ4v) is 2.36. The van der Waals surface area contributed by atoms with E-state index in [1.807, 2.05) is 6.92 Å². The minimum Gasteiger partial charge on any atom is -0.478 e. The lowest BCUT2D eigenvalue weighted by Crippen LogP contribution is -2.12. The molecule has 2 N–H and O–H groups in total. The maximum absolute atomic E-state index is 11.3. The van der Waals surface area contributed by atoms with E-state index >= 15 is 0 Å². The Bertz CT molecular complexity index is 624. The number of rotatable bonds is 4. The molecule has 2 aromatic heterocycles. The van der Waals surface area contributed by atoms with Crippen LogP contribution in [0.4, 0.5) is 5.82 Å². The van der Waals surface area contributed by atoms with Crippen molar-refractivity contribution in [2.45, 2.75) is 27.3 Å². The predicted molar refractivity (Wildman–Crippen MR) is 72.6 cm³/mol. The molecule has 0 aliphatic carbocycles. The van der Waals surface area contributed by atoms with Crippen LogP contribution < -0.4 is 5.32 Å². The van der Waals surface area contributed by atoms with Gasteiger partial charge in [0.25, 0.3) is 0 Å². The molecule has 0 radical (unpaired) electrons. The van der Waals surface area contributed by atoms with Gasteiger partial charge in [-0.05, 0) is 26.3 Å². The number of aromatic nitrogens is 3. The Morgan fingerprint density at radius 1 is 1.37 bits per heavy atom. The molecule has 0 saturated carbocycles. The lowest BCUT2D eigenvalue weighted by molar-refractivity contribution is 0.0696. The number of carboxylic acids is 1. The van der Waals surface area contributed by atoms with Crippen molar-refractivity contribution in [2.24, 2.45) is 0 Å². The largest absolute Gasteiger partial charge is 0.478 e. The zero-order chi connectivity index (χ0) is 14.0. The van der Waals surface area contributed by atoms with Crippen molar-refractivity contribution in [1.29, 1.82) is 0 Å². The van der Waals surface area contributed by atoms with Gasteiger partial charge in [0.15, 0.2) is 5.82 Å². The van der Waals surface area contributed by atoms with Crippen molar-refractivity contribution in [3.63, 3.8) is 0 Å². The summed E-state index contributed by atoms with van der Waals surface area (Å²) in [5, 5.41) is 21.0. The molecule has 0 spiro atoms. The minimum atomic E-state index is -1.01. The van der Waals surface area contributed by atoms with Gasteiger partial charge in [-0.3, -0.25) is 0 Å².